The molecule has 0 saturated carbocycles. The summed E-state index contributed by atoms with van der Waals surface area (Å²) in [4.78, 5) is 25.4. The average Bonchev–Trinajstić information content (AvgIpc) is 2.90. The molecule has 3 rings (SSSR count). The van der Waals surface area contributed by atoms with Gasteiger partial charge in [0.15, 0.2) is 0 Å². The van der Waals surface area contributed by atoms with Crippen LogP contribution in [0.5, 0.6) is 0 Å². The molecule has 1 unspecified atom stereocenters. The molecule has 0 aromatic heterocycles. The molecule has 2 aromatic carbocycles. The first-order chi connectivity index (χ1) is 9.99. The van der Waals surface area contributed by atoms with Gasteiger partial charge in [0.25, 0.3) is 5.91 Å². The Morgan fingerprint density at radius 1 is 1.14 bits per heavy atom. The van der Waals surface area contributed by atoms with E-state index in [9.17, 15) is 14.7 Å². The number of amides is 1. The molecule has 1 aliphatic rings. The molecule has 0 bridgehead atoms. The molecule has 2 aromatic rings. The standard InChI is InChI=1S/C17H17NO3/c1-17(16(20)21)8-9-18(11-17)15(19)14-7-6-12-4-2-3-5-13(12)10-14/h2-7,10H,8-9,11H2,1H3,(H,20,21). The third-order valence-corrected chi connectivity index (χ3v) is 4.27. The monoisotopic (exact) mass is 283 g/mol. The second-order valence-corrected chi connectivity index (χ2v) is 5.90. The maximum atomic E-state index is 12.5. The predicted octanol–water partition coefficient (Wildman–Crippen LogP) is 2.78. The number of carbonyl (C=O) groups excluding carboxylic acids is 1. The minimum atomic E-state index is -0.837. The van der Waals surface area contributed by atoms with E-state index in [4.69, 9.17) is 0 Å². The van der Waals surface area contributed by atoms with E-state index in [1.165, 1.54) is 0 Å². The van der Waals surface area contributed by atoms with Crippen LogP contribution < -0.4 is 0 Å². The van der Waals surface area contributed by atoms with E-state index in [-0.39, 0.29) is 12.5 Å². The lowest BCUT2D eigenvalue weighted by molar-refractivity contribution is -0.147. The Kier molecular flexibility index (Phi) is 3.16. The Bertz CT molecular complexity index is 725. The lowest BCUT2D eigenvalue weighted by Gasteiger charge is -2.20. The van der Waals surface area contributed by atoms with Crippen LogP contribution in [0.1, 0.15) is 23.7 Å². The van der Waals surface area contributed by atoms with Gasteiger partial charge in [-0.3, -0.25) is 9.59 Å². The smallest absolute Gasteiger partial charge is 0.311 e. The van der Waals surface area contributed by atoms with E-state index in [2.05, 4.69) is 0 Å². The van der Waals surface area contributed by atoms with Crippen LogP contribution in [0.15, 0.2) is 42.5 Å². The largest absolute Gasteiger partial charge is 0.481 e. The zero-order chi connectivity index (χ0) is 15.0. The van der Waals surface area contributed by atoms with Gasteiger partial charge in [0.05, 0.1) is 5.41 Å². The fraction of sp³-hybridized carbons (Fsp3) is 0.294. The van der Waals surface area contributed by atoms with Crippen LogP contribution in [-0.4, -0.2) is 35.0 Å². The lowest BCUT2D eigenvalue weighted by Crippen LogP contribution is -2.34. The van der Waals surface area contributed by atoms with Crippen molar-refractivity contribution in [2.75, 3.05) is 13.1 Å². The van der Waals surface area contributed by atoms with Gasteiger partial charge >= 0.3 is 5.97 Å². The third-order valence-electron chi connectivity index (χ3n) is 4.27. The number of benzene rings is 2. The van der Waals surface area contributed by atoms with E-state index >= 15 is 0 Å². The number of carbonyl (C=O) groups is 2. The molecule has 108 valence electrons. The van der Waals surface area contributed by atoms with Crippen molar-refractivity contribution in [3.8, 4) is 0 Å². The summed E-state index contributed by atoms with van der Waals surface area (Å²) in [7, 11) is 0. The van der Waals surface area contributed by atoms with Gasteiger partial charge < -0.3 is 10.0 Å². The molecule has 0 spiro atoms. The number of carboxylic acids is 1. The van der Waals surface area contributed by atoms with Crippen molar-refractivity contribution in [1.82, 2.24) is 4.90 Å². The molecule has 0 aliphatic carbocycles. The fourth-order valence-corrected chi connectivity index (χ4v) is 2.81. The van der Waals surface area contributed by atoms with Crippen molar-refractivity contribution in [2.45, 2.75) is 13.3 Å². The highest BCUT2D eigenvalue weighted by atomic mass is 16.4. The Labute approximate surface area is 123 Å². The van der Waals surface area contributed by atoms with Crippen molar-refractivity contribution in [3.05, 3.63) is 48.0 Å². The summed E-state index contributed by atoms with van der Waals surface area (Å²) in [6.07, 6.45) is 0.502. The summed E-state index contributed by atoms with van der Waals surface area (Å²) in [6.45, 7) is 2.46. The summed E-state index contributed by atoms with van der Waals surface area (Å²) >= 11 is 0. The Morgan fingerprint density at radius 2 is 1.86 bits per heavy atom. The SMILES string of the molecule is CC1(C(=O)O)CCN(C(=O)c2ccc3ccccc3c2)C1. The van der Waals surface area contributed by atoms with Crippen LogP contribution in [0, 0.1) is 5.41 Å². The van der Waals surface area contributed by atoms with Gasteiger partial charge in [-0.15, -0.1) is 0 Å². The first-order valence-electron chi connectivity index (χ1n) is 7.01. The van der Waals surface area contributed by atoms with Crippen molar-refractivity contribution in [1.29, 1.82) is 0 Å². The van der Waals surface area contributed by atoms with Gasteiger partial charge in [-0.1, -0.05) is 30.3 Å². The molecule has 4 heteroatoms. The van der Waals surface area contributed by atoms with E-state index in [1.54, 1.807) is 17.9 Å². The normalized spacial score (nSPS) is 21.7. The van der Waals surface area contributed by atoms with E-state index < -0.39 is 11.4 Å². The molecule has 0 radical (unpaired) electrons. The number of carboxylic acid groups (broad SMARTS) is 1. The molecule has 4 nitrogen and oxygen atoms in total. The maximum absolute atomic E-state index is 12.5. The Balaban J connectivity index is 1.86. The second kappa shape index (κ2) is 4.88. The first-order valence-corrected chi connectivity index (χ1v) is 7.01. The third kappa shape index (κ3) is 2.37. The zero-order valence-corrected chi connectivity index (χ0v) is 11.9. The Morgan fingerprint density at radius 3 is 2.52 bits per heavy atom. The number of nitrogens with zero attached hydrogens (tertiary/aromatic N) is 1. The van der Waals surface area contributed by atoms with Gasteiger partial charge in [0.2, 0.25) is 0 Å². The quantitative estimate of drug-likeness (QED) is 0.922. The number of hydrogen-bond acceptors (Lipinski definition) is 2. The molecule has 1 fully saturated rings. The van der Waals surface area contributed by atoms with Gasteiger partial charge in [-0.25, -0.2) is 0 Å². The Hall–Kier alpha value is -2.36. The lowest BCUT2D eigenvalue weighted by atomic mass is 9.90. The summed E-state index contributed by atoms with van der Waals surface area (Å²) in [5.41, 5.74) is -0.213. The topological polar surface area (TPSA) is 57.6 Å². The number of aliphatic carboxylic acids is 1. The molecular formula is C17H17NO3. The summed E-state index contributed by atoms with van der Waals surface area (Å²) < 4.78 is 0. The highest BCUT2D eigenvalue weighted by Gasteiger charge is 2.42. The summed E-state index contributed by atoms with van der Waals surface area (Å²) in [5.74, 6) is -0.929. The highest BCUT2D eigenvalue weighted by molar-refractivity contribution is 5.99. The predicted molar refractivity (Wildman–Crippen MR) is 80.2 cm³/mol. The summed E-state index contributed by atoms with van der Waals surface area (Å²) in [6, 6.07) is 13.5. The average molecular weight is 283 g/mol. The highest BCUT2D eigenvalue weighted by Crippen LogP contribution is 2.31. The number of hydrogen-bond donors (Lipinski definition) is 1. The fourth-order valence-electron chi connectivity index (χ4n) is 2.81. The van der Waals surface area contributed by atoms with Crippen LogP contribution in [0.25, 0.3) is 10.8 Å². The van der Waals surface area contributed by atoms with Crippen LogP contribution in [-0.2, 0) is 4.79 Å². The molecule has 1 aliphatic heterocycles. The van der Waals surface area contributed by atoms with E-state index in [1.807, 2.05) is 36.4 Å². The molecule has 1 heterocycles. The van der Waals surface area contributed by atoms with E-state index in [0.29, 0.717) is 18.5 Å². The van der Waals surface area contributed by atoms with Crippen molar-refractivity contribution in [3.63, 3.8) is 0 Å². The van der Waals surface area contributed by atoms with Gasteiger partial charge in [0.1, 0.15) is 0 Å². The minimum absolute atomic E-state index is 0.0919. The van der Waals surface area contributed by atoms with Gasteiger partial charge in [-0.05, 0) is 36.2 Å². The molecule has 1 atom stereocenters. The van der Waals surface area contributed by atoms with Crippen LogP contribution in [0.3, 0.4) is 0 Å². The molecular weight excluding hydrogens is 266 g/mol. The molecule has 1 saturated heterocycles. The number of rotatable bonds is 2. The molecule has 1 N–H and O–H groups in total. The second-order valence-electron chi connectivity index (χ2n) is 5.90. The van der Waals surface area contributed by atoms with Gasteiger partial charge in [-0.2, -0.15) is 0 Å². The van der Waals surface area contributed by atoms with Crippen molar-refractivity contribution in [2.24, 2.45) is 5.41 Å². The number of likely N-dealkylation sites (tertiary alicyclic amines) is 1. The van der Waals surface area contributed by atoms with Gasteiger partial charge in [0, 0.05) is 18.7 Å². The maximum Gasteiger partial charge on any atom is 0.311 e. The van der Waals surface area contributed by atoms with Crippen LogP contribution in [0.4, 0.5) is 0 Å². The molecule has 1 amide bonds. The van der Waals surface area contributed by atoms with Crippen LogP contribution in [0.2, 0.25) is 0 Å². The van der Waals surface area contributed by atoms with E-state index in [0.717, 1.165) is 10.8 Å². The minimum Gasteiger partial charge on any atom is -0.481 e. The first kappa shape index (κ1) is 13.6. The zero-order valence-electron chi connectivity index (χ0n) is 11.9. The summed E-state index contributed by atoms with van der Waals surface area (Å²) in [5, 5.41) is 11.4. The van der Waals surface area contributed by atoms with Crippen LogP contribution >= 0.6 is 0 Å². The number of fused-ring (bicyclic) bond motifs is 1. The van der Waals surface area contributed by atoms with Crippen molar-refractivity contribution < 1.29 is 14.7 Å². The van der Waals surface area contributed by atoms with Crippen molar-refractivity contribution >= 4 is 22.6 Å². The molecule has 21 heavy (non-hydrogen) atoms.